The maximum Gasteiger partial charge on any atom is 0.201 e. The Morgan fingerprint density at radius 3 is 2.15 bits per heavy atom. The lowest BCUT2D eigenvalue weighted by atomic mass is 10.1. The highest BCUT2D eigenvalue weighted by molar-refractivity contribution is 6.15. The Labute approximate surface area is 88.9 Å². The van der Waals surface area contributed by atoms with E-state index >= 15 is 0 Å². The zero-order chi connectivity index (χ0) is 10.5. The van der Waals surface area contributed by atoms with Crippen LogP contribution in [0.4, 0.5) is 0 Å². The maximum absolute atomic E-state index is 12.2. The predicted molar refractivity (Wildman–Crippen MR) is 54.7 cm³/mol. The summed E-state index contributed by atoms with van der Waals surface area (Å²) in [6.07, 6.45) is 1.49. The molecule has 1 aliphatic heterocycles. The van der Waals surface area contributed by atoms with Crippen molar-refractivity contribution in [2.45, 2.75) is 32.0 Å². The number of hydrogen-bond donors (Lipinski definition) is 0. The zero-order valence-electron chi connectivity index (χ0n) is 8.05. The van der Waals surface area contributed by atoms with E-state index in [9.17, 15) is 5.21 Å². The van der Waals surface area contributed by atoms with Crippen molar-refractivity contribution >= 4 is 23.6 Å². The topological polar surface area (TPSA) is 26.3 Å². The van der Waals surface area contributed by atoms with E-state index in [4.69, 9.17) is 23.6 Å². The lowest BCUT2D eigenvalue weighted by Gasteiger charge is -2.48. The molecule has 0 aromatic rings. The summed E-state index contributed by atoms with van der Waals surface area (Å²) in [5.74, 6) is 0. The molecule has 1 fully saturated rings. The van der Waals surface area contributed by atoms with E-state index in [1.54, 1.807) is 20.8 Å². The van der Waals surface area contributed by atoms with Gasteiger partial charge in [0.25, 0.3) is 0 Å². The fourth-order valence-electron chi connectivity index (χ4n) is 1.56. The van der Waals surface area contributed by atoms with E-state index in [0.717, 1.165) is 0 Å². The van der Waals surface area contributed by atoms with Crippen molar-refractivity contribution in [3.8, 4) is 0 Å². The van der Waals surface area contributed by atoms with E-state index in [0.29, 0.717) is 6.54 Å². The molecule has 0 amide bonds. The van der Waals surface area contributed by atoms with Crippen molar-refractivity contribution in [1.82, 2.24) is 4.42 Å². The molecule has 0 N–H and O–H groups in total. The van der Waals surface area contributed by atoms with Crippen LogP contribution in [0.15, 0.2) is 12.7 Å². The van der Waals surface area contributed by atoms with Gasteiger partial charge in [-0.1, -0.05) is 6.58 Å². The third kappa shape index (κ3) is 1.22. The highest BCUT2D eigenvalue weighted by atomic mass is 35.5. The molecule has 0 bridgehead atoms. The van der Waals surface area contributed by atoms with Crippen LogP contribution in [0.1, 0.15) is 20.8 Å². The molecule has 0 aromatic carbocycles. The smallest absolute Gasteiger partial charge is 0.201 e. The Balaban J connectivity index is 3.20. The first-order valence-corrected chi connectivity index (χ1v) is 4.73. The summed E-state index contributed by atoms with van der Waals surface area (Å²) in [5, 5.41) is 12.2. The molecule has 3 nitrogen and oxygen atoms in total. The van der Waals surface area contributed by atoms with Gasteiger partial charge in [-0.3, -0.25) is 0 Å². The molecule has 0 saturated carbocycles. The van der Waals surface area contributed by atoms with Crippen molar-refractivity contribution in [3.05, 3.63) is 17.9 Å². The molecule has 2 unspecified atom stereocenters. The lowest BCUT2D eigenvalue weighted by molar-refractivity contribution is -0.849. The van der Waals surface area contributed by atoms with Gasteiger partial charge < -0.3 is 5.21 Å². The van der Waals surface area contributed by atoms with Gasteiger partial charge in [-0.15, -0.1) is 0 Å². The van der Waals surface area contributed by atoms with Crippen LogP contribution in [-0.2, 0) is 0 Å². The maximum atomic E-state index is 12.2. The second-order valence-corrected chi connectivity index (χ2v) is 5.05. The predicted octanol–water partition coefficient (Wildman–Crippen LogP) is 2.61. The minimum absolute atomic E-state index is 0.435. The largest absolute Gasteiger partial charge is 0.611 e. The first-order chi connectivity index (χ1) is 5.69. The van der Waals surface area contributed by atoms with Gasteiger partial charge >= 0.3 is 0 Å². The van der Waals surface area contributed by atoms with Crippen LogP contribution in [0.2, 0.25) is 0 Å². The fourth-order valence-corrected chi connectivity index (χ4v) is 2.28. The number of quaternary nitrogens is 1. The second kappa shape index (κ2) is 2.84. The number of hydroxylamine groups is 2. The molecule has 5 heteroatoms. The SMILES string of the molecule is C=CC1(C)N(Cl)CC(C)(C)[N+]1([O-])Cl. The number of halogens is 2. The quantitative estimate of drug-likeness (QED) is 0.389. The number of rotatable bonds is 1. The average Bonchev–Trinajstić information content (AvgIpc) is 2.10. The molecule has 1 aliphatic rings. The Kier molecular flexibility index (Phi) is 2.47. The molecule has 0 radical (unpaired) electrons. The van der Waals surface area contributed by atoms with Crippen molar-refractivity contribution in [2.24, 2.45) is 0 Å². The van der Waals surface area contributed by atoms with Crippen LogP contribution in [0.5, 0.6) is 0 Å². The van der Waals surface area contributed by atoms with Crippen LogP contribution in [-0.4, -0.2) is 26.3 Å². The van der Waals surface area contributed by atoms with E-state index in [1.165, 1.54) is 10.5 Å². The van der Waals surface area contributed by atoms with E-state index in [2.05, 4.69) is 6.58 Å². The van der Waals surface area contributed by atoms with E-state index in [1.807, 2.05) is 0 Å². The molecule has 2 atom stereocenters. The molecule has 0 aliphatic carbocycles. The van der Waals surface area contributed by atoms with Gasteiger partial charge in [0.2, 0.25) is 5.66 Å². The van der Waals surface area contributed by atoms with Crippen LogP contribution in [0.3, 0.4) is 0 Å². The van der Waals surface area contributed by atoms with Crippen LogP contribution >= 0.6 is 23.6 Å². The molecule has 1 heterocycles. The van der Waals surface area contributed by atoms with Crippen LogP contribution in [0, 0.1) is 5.21 Å². The van der Waals surface area contributed by atoms with Gasteiger partial charge in [0.15, 0.2) is 11.8 Å². The van der Waals surface area contributed by atoms with Gasteiger partial charge in [-0.25, -0.2) is 4.17 Å². The van der Waals surface area contributed by atoms with Crippen molar-refractivity contribution < 1.29 is 4.17 Å². The molecule has 13 heavy (non-hydrogen) atoms. The Morgan fingerprint density at radius 1 is 1.54 bits per heavy atom. The Morgan fingerprint density at radius 2 is 2.00 bits per heavy atom. The monoisotopic (exact) mass is 224 g/mol. The summed E-state index contributed by atoms with van der Waals surface area (Å²) in [4.78, 5) is 0. The molecule has 1 rings (SSSR count). The molecule has 0 spiro atoms. The fraction of sp³-hybridized carbons (Fsp3) is 0.750. The van der Waals surface area contributed by atoms with Crippen LogP contribution in [0.25, 0.3) is 0 Å². The summed E-state index contributed by atoms with van der Waals surface area (Å²) >= 11 is 11.9. The second-order valence-electron chi connectivity index (χ2n) is 4.16. The van der Waals surface area contributed by atoms with Crippen molar-refractivity contribution in [3.63, 3.8) is 0 Å². The van der Waals surface area contributed by atoms with Gasteiger partial charge in [-0.05, 0) is 31.7 Å². The molecular formula is C8H14Cl2N2O. The summed E-state index contributed by atoms with van der Waals surface area (Å²) < 4.78 is 0.479. The highest BCUT2D eigenvalue weighted by Crippen LogP contribution is 2.48. The highest BCUT2D eigenvalue weighted by Gasteiger charge is 2.60. The van der Waals surface area contributed by atoms with Gasteiger partial charge in [-0.2, -0.15) is 4.42 Å². The lowest BCUT2D eigenvalue weighted by Crippen LogP contribution is -2.57. The molecular weight excluding hydrogens is 211 g/mol. The normalized spacial score (nSPS) is 45.1. The number of hydrogen-bond acceptors (Lipinski definition) is 2. The minimum Gasteiger partial charge on any atom is -0.611 e. The first-order valence-electron chi connectivity index (χ1n) is 4.06. The summed E-state index contributed by atoms with van der Waals surface area (Å²) in [5.41, 5.74) is -1.60. The summed E-state index contributed by atoms with van der Waals surface area (Å²) in [6, 6.07) is 0. The van der Waals surface area contributed by atoms with E-state index in [-0.39, 0.29) is 0 Å². The average molecular weight is 225 g/mol. The third-order valence-electron chi connectivity index (χ3n) is 2.76. The Bertz CT molecular complexity index is 242. The molecule has 0 aromatic heterocycles. The van der Waals surface area contributed by atoms with Crippen molar-refractivity contribution in [1.29, 1.82) is 0 Å². The molecule has 76 valence electrons. The summed E-state index contributed by atoms with van der Waals surface area (Å²) in [7, 11) is 0. The molecule has 1 saturated heterocycles. The third-order valence-corrected chi connectivity index (χ3v) is 4.03. The summed E-state index contributed by atoms with van der Waals surface area (Å²) in [6.45, 7) is 9.29. The van der Waals surface area contributed by atoms with Gasteiger partial charge in [0.05, 0.1) is 6.54 Å². The van der Waals surface area contributed by atoms with Gasteiger partial charge in [0, 0.05) is 6.92 Å². The Hall–Kier alpha value is 0.200. The first kappa shape index (κ1) is 11.3. The van der Waals surface area contributed by atoms with Crippen molar-refractivity contribution in [2.75, 3.05) is 6.54 Å². The van der Waals surface area contributed by atoms with Crippen LogP contribution < -0.4 is 0 Å². The minimum atomic E-state index is -0.966. The van der Waals surface area contributed by atoms with Gasteiger partial charge in [0.1, 0.15) is 5.54 Å². The number of nitrogens with zero attached hydrogens (tertiary/aromatic N) is 2. The zero-order valence-corrected chi connectivity index (χ0v) is 9.56. The van der Waals surface area contributed by atoms with E-state index < -0.39 is 15.4 Å². The standard InChI is InChI=1S/C8H14Cl2N2O/c1-5-8(4)11(9)6-7(2,3)12(8,10)13/h5H,1,6H2,2-4H3.